The van der Waals surface area contributed by atoms with Crippen LogP contribution in [-0.4, -0.2) is 37.8 Å². The molecule has 1 aliphatic carbocycles. The van der Waals surface area contributed by atoms with E-state index in [2.05, 4.69) is 11.4 Å². The van der Waals surface area contributed by atoms with Crippen molar-refractivity contribution in [2.24, 2.45) is 0 Å². The smallest absolute Gasteiger partial charge is 0.207 e. The Labute approximate surface area is 125 Å². The molecular formula is C16H24FN3O. The van der Waals surface area contributed by atoms with Gasteiger partial charge in [-0.25, -0.2) is 4.39 Å². The second kappa shape index (κ2) is 5.81. The molecule has 1 heterocycles. The minimum atomic E-state index is -0.719. The van der Waals surface area contributed by atoms with E-state index in [0.717, 1.165) is 36.2 Å². The summed E-state index contributed by atoms with van der Waals surface area (Å²) >= 11 is 0. The number of rotatable bonds is 3. The normalized spacial score (nSPS) is 28.9. The predicted molar refractivity (Wildman–Crippen MR) is 83.2 cm³/mol. The molecule has 21 heavy (non-hydrogen) atoms. The standard InChI is InChI=1S/C16H24FN3O/c1-19-14-8-7-11(9-15(14)20(2)16(19)21)10-18-13-6-4-3-5-12(13)17/h7-9,12-13,16,18,21H,3-6,10H2,1-2H3/t12?,13-,16?/m1/s1. The monoisotopic (exact) mass is 293 g/mol. The number of hydrogen-bond acceptors (Lipinski definition) is 4. The van der Waals surface area contributed by atoms with Crippen LogP contribution in [0.15, 0.2) is 18.2 Å². The summed E-state index contributed by atoms with van der Waals surface area (Å²) in [6.45, 7) is 0.673. The molecule has 1 fully saturated rings. The fourth-order valence-electron chi connectivity index (χ4n) is 3.33. The van der Waals surface area contributed by atoms with E-state index in [4.69, 9.17) is 0 Å². The second-order valence-corrected chi connectivity index (χ2v) is 6.18. The Bertz CT molecular complexity index is 510. The van der Waals surface area contributed by atoms with E-state index < -0.39 is 12.5 Å². The molecule has 0 saturated heterocycles. The van der Waals surface area contributed by atoms with Gasteiger partial charge in [-0.1, -0.05) is 18.9 Å². The van der Waals surface area contributed by atoms with Gasteiger partial charge in [0.25, 0.3) is 0 Å². The van der Waals surface area contributed by atoms with Gasteiger partial charge in [-0.05, 0) is 30.5 Å². The maximum Gasteiger partial charge on any atom is 0.207 e. The minimum Gasteiger partial charge on any atom is -0.356 e. The first-order valence-corrected chi connectivity index (χ1v) is 7.72. The lowest BCUT2D eigenvalue weighted by Gasteiger charge is -2.27. The highest BCUT2D eigenvalue weighted by molar-refractivity contribution is 5.77. The van der Waals surface area contributed by atoms with Crippen LogP contribution in [0.3, 0.4) is 0 Å². The van der Waals surface area contributed by atoms with Crippen LogP contribution in [0.1, 0.15) is 31.2 Å². The van der Waals surface area contributed by atoms with Crippen LogP contribution in [0.4, 0.5) is 15.8 Å². The maximum atomic E-state index is 13.8. The Morgan fingerprint density at radius 3 is 2.67 bits per heavy atom. The van der Waals surface area contributed by atoms with Crippen molar-refractivity contribution in [3.05, 3.63) is 23.8 Å². The molecule has 2 aliphatic rings. The van der Waals surface area contributed by atoms with Crippen LogP contribution >= 0.6 is 0 Å². The van der Waals surface area contributed by atoms with Gasteiger partial charge < -0.3 is 20.2 Å². The largest absolute Gasteiger partial charge is 0.356 e. The zero-order chi connectivity index (χ0) is 15.0. The Morgan fingerprint density at radius 1 is 1.19 bits per heavy atom. The molecule has 1 saturated carbocycles. The van der Waals surface area contributed by atoms with Crippen molar-refractivity contribution in [3.63, 3.8) is 0 Å². The summed E-state index contributed by atoms with van der Waals surface area (Å²) < 4.78 is 13.8. The minimum absolute atomic E-state index is 0.0157. The molecule has 5 heteroatoms. The zero-order valence-electron chi connectivity index (χ0n) is 12.7. The van der Waals surface area contributed by atoms with Gasteiger partial charge in [0.1, 0.15) is 6.17 Å². The van der Waals surface area contributed by atoms with Gasteiger partial charge in [-0.3, -0.25) is 0 Å². The van der Waals surface area contributed by atoms with Crippen molar-refractivity contribution in [1.82, 2.24) is 5.32 Å². The van der Waals surface area contributed by atoms with Gasteiger partial charge in [-0.15, -0.1) is 0 Å². The number of nitrogens with zero attached hydrogens (tertiary/aromatic N) is 2. The third-order valence-electron chi connectivity index (χ3n) is 4.74. The molecule has 4 nitrogen and oxygen atoms in total. The molecule has 0 aromatic heterocycles. The lowest BCUT2D eigenvalue weighted by Crippen LogP contribution is -2.39. The highest BCUT2D eigenvalue weighted by Gasteiger charge is 2.29. The third kappa shape index (κ3) is 2.72. The Kier molecular flexibility index (Phi) is 4.04. The fourth-order valence-corrected chi connectivity index (χ4v) is 3.33. The molecule has 0 bridgehead atoms. The lowest BCUT2D eigenvalue weighted by atomic mass is 9.93. The van der Waals surface area contributed by atoms with Gasteiger partial charge in [0.15, 0.2) is 0 Å². The lowest BCUT2D eigenvalue weighted by molar-refractivity contribution is 0.183. The van der Waals surface area contributed by atoms with Crippen LogP contribution in [0.2, 0.25) is 0 Å². The van der Waals surface area contributed by atoms with Gasteiger partial charge in [0.05, 0.1) is 11.4 Å². The summed E-state index contributed by atoms with van der Waals surface area (Å²) in [6, 6.07) is 6.13. The van der Waals surface area contributed by atoms with Gasteiger partial charge >= 0.3 is 0 Å². The first-order valence-electron chi connectivity index (χ1n) is 7.72. The van der Waals surface area contributed by atoms with Gasteiger partial charge in [-0.2, -0.15) is 0 Å². The first-order chi connectivity index (χ1) is 10.1. The molecule has 1 aromatic rings. The summed E-state index contributed by atoms with van der Waals surface area (Å²) in [4.78, 5) is 3.68. The van der Waals surface area contributed by atoms with Crippen LogP contribution in [0.5, 0.6) is 0 Å². The quantitative estimate of drug-likeness (QED) is 0.896. The van der Waals surface area contributed by atoms with Crippen molar-refractivity contribution in [2.45, 2.75) is 50.8 Å². The van der Waals surface area contributed by atoms with E-state index >= 15 is 0 Å². The van der Waals surface area contributed by atoms with Crippen LogP contribution in [0.25, 0.3) is 0 Å². The number of aliphatic hydroxyl groups is 1. The predicted octanol–water partition coefficient (Wildman–Crippen LogP) is 2.22. The molecule has 2 unspecified atom stereocenters. The Hall–Kier alpha value is -1.33. The molecule has 0 spiro atoms. The van der Waals surface area contributed by atoms with E-state index in [1.54, 1.807) is 0 Å². The maximum absolute atomic E-state index is 13.8. The Morgan fingerprint density at radius 2 is 1.90 bits per heavy atom. The third-order valence-corrected chi connectivity index (χ3v) is 4.74. The zero-order valence-corrected chi connectivity index (χ0v) is 12.7. The molecule has 2 N–H and O–H groups in total. The summed E-state index contributed by atoms with van der Waals surface area (Å²) in [7, 11) is 3.75. The first kappa shape index (κ1) is 14.6. The highest BCUT2D eigenvalue weighted by atomic mass is 19.1. The number of hydrogen-bond donors (Lipinski definition) is 2. The molecule has 0 radical (unpaired) electrons. The van der Waals surface area contributed by atoms with E-state index in [9.17, 15) is 9.50 Å². The van der Waals surface area contributed by atoms with Crippen LogP contribution < -0.4 is 15.1 Å². The van der Waals surface area contributed by atoms with E-state index in [1.807, 2.05) is 36.0 Å². The molecule has 3 atom stereocenters. The summed E-state index contributed by atoms with van der Waals surface area (Å²) in [5, 5.41) is 13.4. The molecule has 3 rings (SSSR count). The van der Waals surface area contributed by atoms with Crippen molar-refractivity contribution in [1.29, 1.82) is 0 Å². The second-order valence-electron chi connectivity index (χ2n) is 6.18. The molecule has 0 amide bonds. The molecular weight excluding hydrogens is 269 g/mol. The summed E-state index contributed by atoms with van der Waals surface area (Å²) in [6.07, 6.45) is 2.39. The van der Waals surface area contributed by atoms with Gasteiger partial charge in [0.2, 0.25) is 6.35 Å². The van der Waals surface area contributed by atoms with Crippen molar-refractivity contribution in [3.8, 4) is 0 Å². The van der Waals surface area contributed by atoms with Crippen molar-refractivity contribution < 1.29 is 9.50 Å². The fraction of sp³-hybridized carbons (Fsp3) is 0.625. The topological polar surface area (TPSA) is 38.7 Å². The van der Waals surface area contributed by atoms with Crippen LogP contribution in [-0.2, 0) is 6.54 Å². The summed E-state index contributed by atoms with van der Waals surface area (Å²) in [5.41, 5.74) is 3.17. The Balaban J connectivity index is 1.68. The number of anilines is 2. The number of fused-ring (bicyclic) bond motifs is 1. The average Bonchev–Trinajstić information content (AvgIpc) is 2.71. The molecule has 1 aromatic carbocycles. The number of nitrogens with one attached hydrogen (secondary N) is 1. The summed E-state index contributed by atoms with van der Waals surface area (Å²) in [5.74, 6) is 0. The van der Waals surface area contributed by atoms with E-state index in [0.29, 0.717) is 13.0 Å². The number of aliphatic hydroxyl groups excluding tert-OH is 1. The van der Waals surface area contributed by atoms with Crippen molar-refractivity contribution >= 4 is 11.4 Å². The van der Waals surface area contributed by atoms with Crippen molar-refractivity contribution in [2.75, 3.05) is 23.9 Å². The SMILES string of the molecule is CN1c2ccc(CN[C@@H]3CCCCC3F)cc2N(C)C1O. The number of halogens is 1. The molecule has 1 aliphatic heterocycles. The average molecular weight is 293 g/mol. The number of alkyl halides is 1. The van der Waals surface area contributed by atoms with Crippen LogP contribution in [0, 0.1) is 0 Å². The van der Waals surface area contributed by atoms with Gasteiger partial charge in [0, 0.05) is 26.7 Å². The molecule has 116 valence electrons. The number of benzene rings is 1. The highest BCUT2D eigenvalue weighted by Crippen LogP contribution is 2.37. The van der Waals surface area contributed by atoms with E-state index in [1.165, 1.54) is 0 Å². The van der Waals surface area contributed by atoms with E-state index in [-0.39, 0.29) is 6.04 Å².